The second-order valence-electron chi connectivity index (χ2n) is 8.42. The van der Waals surface area contributed by atoms with Gasteiger partial charge in [0.1, 0.15) is 12.1 Å². The van der Waals surface area contributed by atoms with Gasteiger partial charge in [-0.1, -0.05) is 30.4 Å². The molecule has 0 unspecified atom stereocenters. The molecule has 1 heterocycles. The van der Waals surface area contributed by atoms with Gasteiger partial charge in [-0.15, -0.1) is 0 Å². The van der Waals surface area contributed by atoms with Crippen molar-refractivity contribution >= 4 is 18.1 Å². The largest absolute Gasteiger partial charge is 0.398 e. The predicted molar refractivity (Wildman–Crippen MR) is 130 cm³/mol. The average molecular weight is 454 g/mol. The van der Waals surface area contributed by atoms with Crippen molar-refractivity contribution in [1.29, 1.82) is 0 Å². The Morgan fingerprint density at radius 1 is 1.24 bits per heavy atom. The summed E-state index contributed by atoms with van der Waals surface area (Å²) in [6, 6.07) is 0.00355. The molecule has 0 aromatic rings. The van der Waals surface area contributed by atoms with Crippen LogP contribution in [0, 0.1) is 0 Å². The fourth-order valence-corrected chi connectivity index (χ4v) is 3.48. The van der Waals surface area contributed by atoms with Crippen LogP contribution in [0.4, 0.5) is 0 Å². The molecule has 1 aliphatic heterocycles. The Hall–Kier alpha value is -3.39. The maximum absolute atomic E-state index is 12.9. The molecule has 0 radical (unpaired) electrons. The Balaban J connectivity index is 2.02. The Morgan fingerprint density at radius 3 is 2.70 bits per heavy atom. The van der Waals surface area contributed by atoms with Gasteiger partial charge in [-0.3, -0.25) is 19.3 Å². The molecule has 0 saturated carbocycles. The SMILES string of the molecule is CC(C)N(C)C(=O)C1=C(C=O)CCCN(CC(=O)N/C(N)=C/C=C(\N)C2=CCC=CC=C2)C1. The van der Waals surface area contributed by atoms with E-state index in [1.54, 1.807) is 24.1 Å². The second kappa shape index (κ2) is 12.6. The van der Waals surface area contributed by atoms with Gasteiger partial charge in [0.2, 0.25) is 5.91 Å². The highest BCUT2D eigenvalue weighted by atomic mass is 16.2. The van der Waals surface area contributed by atoms with E-state index in [4.69, 9.17) is 11.5 Å². The summed E-state index contributed by atoms with van der Waals surface area (Å²) in [7, 11) is 1.71. The van der Waals surface area contributed by atoms with Gasteiger partial charge in [0.25, 0.3) is 5.91 Å². The Labute approximate surface area is 196 Å². The molecule has 1 aliphatic carbocycles. The van der Waals surface area contributed by atoms with Crippen molar-refractivity contribution < 1.29 is 14.4 Å². The molecule has 0 spiro atoms. The van der Waals surface area contributed by atoms with Gasteiger partial charge in [0.15, 0.2) is 0 Å². The first kappa shape index (κ1) is 25.9. The zero-order valence-corrected chi connectivity index (χ0v) is 19.7. The van der Waals surface area contributed by atoms with Crippen LogP contribution in [-0.4, -0.2) is 60.6 Å². The highest BCUT2D eigenvalue weighted by Gasteiger charge is 2.26. The molecule has 33 heavy (non-hydrogen) atoms. The highest BCUT2D eigenvalue weighted by Crippen LogP contribution is 2.19. The molecule has 0 fully saturated rings. The van der Waals surface area contributed by atoms with Crippen LogP contribution in [0.15, 0.2) is 70.8 Å². The molecule has 2 rings (SSSR count). The summed E-state index contributed by atoms with van der Waals surface area (Å²) >= 11 is 0. The summed E-state index contributed by atoms with van der Waals surface area (Å²) in [5, 5.41) is 2.66. The maximum atomic E-state index is 12.9. The van der Waals surface area contributed by atoms with Gasteiger partial charge in [-0.25, -0.2) is 0 Å². The van der Waals surface area contributed by atoms with Crippen molar-refractivity contribution in [2.75, 3.05) is 26.7 Å². The van der Waals surface area contributed by atoms with Gasteiger partial charge in [-0.05, 0) is 57.4 Å². The second-order valence-corrected chi connectivity index (χ2v) is 8.42. The molecule has 2 amide bonds. The maximum Gasteiger partial charge on any atom is 0.251 e. The summed E-state index contributed by atoms with van der Waals surface area (Å²) in [5.74, 6) is -0.308. The standard InChI is InChI=1S/C25H35N5O3/c1-18(2)29(3)25(33)21-15-30(14-8-11-20(21)17-31)16-24(32)28-23(27)13-12-22(26)19-9-6-4-5-7-10-19/h4-6,9-10,12-13,17-18H,7-8,11,14-16,26-27H2,1-3H3,(H,28,32)/b22-12-,23-13+. The van der Waals surface area contributed by atoms with Gasteiger partial charge in [0, 0.05) is 36.5 Å². The molecule has 8 heteroatoms. The van der Waals surface area contributed by atoms with Gasteiger partial charge < -0.3 is 21.7 Å². The lowest BCUT2D eigenvalue weighted by atomic mass is 10.0. The molecule has 8 nitrogen and oxygen atoms in total. The van der Waals surface area contributed by atoms with Crippen molar-refractivity contribution in [3.8, 4) is 0 Å². The normalized spacial score (nSPS) is 18.0. The van der Waals surface area contributed by atoms with E-state index in [0.29, 0.717) is 36.2 Å². The van der Waals surface area contributed by atoms with Gasteiger partial charge in [0.05, 0.1) is 6.54 Å². The van der Waals surface area contributed by atoms with Crippen molar-refractivity contribution in [3.05, 3.63) is 70.8 Å². The minimum atomic E-state index is -0.299. The molecule has 2 aliphatic rings. The fourth-order valence-electron chi connectivity index (χ4n) is 3.48. The van der Waals surface area contributed by atoms with Crippen LogP contribution in [0.2, 0.25) is 0 Å². The number of amides is 2. The number of carbonyl (C=O) groups is 3. The van der Waals surface area contributed by atoms with Crippen molar-refractivity contribution in [2.24, 2.45) is 11.5 Å². The van der Waals surface area contributed by atoms with Gasteiger partial charge in [-0.2, -0.15) is 0 Å². The van der Waals surface area contributed by atoms with Crippen LogP contribution in [-0.2, 0) is 14.4 Å². The van der Waals surface area contributed by atoms with E-state index in [-0.39, 0.29) is 36.8 Å². The van der Waals surface area contributed by atoms with E-state index in [0.717, 1.165) is 18.3 Å². The molecule has 0 aromatic carbocycles. The number of carbonyl (C=O) groups excluding carboxylic acids is 3. The number of allylic oxidation sites excluding steroid dienone is 8. The quantitative estimate of drug-likeness (QED) is 0.379. The number of nitrogens with two attached hydrogens (primary N) is 2. The summed E-state index contributed by atoms with van der Waals surface area (Å²) in [5.41, 5.74) is 14.4. The van der Waals surface area contributed by atoms with Crippen LogP contribution in [0.1, 0.15) is 33.1 Å². The van der Waals surface area contributed by atoms with E-state index >= 15 is 0 Å². The Kier molecular flexibility index (Phi) is 9.87. The van der Waals surface area contributed by atoms with E-state index in [2.05, 4.69) is 5.32 Å². The van der Waals surface area contributed by atoms with Crippen molar-refractivity contribution in [3.63, 3.8) is 0 Å². The third-order valence-electron chi connectivity index (χ3n) is 5.61. The molecule has 0 aromatic heterocycles. The van der Waals surface area contributed by atoms with Crippen molar-refractivity contribution in [1.82, 2.24) is 15.1 Å². The van der Waals surface area contributed by atoms with Gasteiger partial charge >= 0.3 is 0 Å². The average Bonchev–Trinajstić information content (AvgIpc) is 3.17. The molecular formula is C25H35N5O3. The molecule has 0 bridgehead atoms. The summed E-state index contributed by atoms with van der Waals surface area (Å²) in [4.78, 5) is 40.5. The lowest BCUT2D eigenvalue weighted by Gasteiger charge is -2.26. The summed E-state index contributed by atoms with van der Waals surface area (Å²) in [6.45, 7) is 4.72. The number of likely N-dealkylation sites (N-methyl/N-ethyl adjacent to an activating group) is 1. The molecule has 0 saturated heterocycles. The Bertz CT molecular complexity index is 938. The predicted octanol–water partition coefficient (Wildman–Crippen LogP) is 1.65. The first-order valence-corrected chi connectivity index (χ1v) is 11.2. The molecule has 5 N–H and O–H groups in total. The van der Waals surface area contributed by atoms with Crippen LogP contribution in [0.3, 0.4) is 0 Å². The van der Waals surface area contributed by atoms with Crippen molar-refractivity contribution in [2.45, 2.75) is 39.2 Å². The van der Waals surface area contributed by atoms with Crippen LogP contribution >= 0.6 is 0 Å². The minimum absolute atomic E-state index is 0.00355. The number of nitrogens with one attached hydrogen (secondary N) is 1. The van der Waals surface area contributed by atoms with E-state index in [1.807, 2.05) is 49.1 Å². The van der Waals surface area contributed by atoms with E-state index in [1.165, 1.54) is 0 Å². The van der Waals surface area contributed by atoms with E-state index in [9.17, 15) is 14.4 Å². The lowest BCUT2D eigenvalue weighted by Crippen LogP contribution is -2.42. The number of hydrogen-bond acceptors (Lipinski definition) is 6. The zero-order valence-electron chi connectivity index (χ0n) is 19.7. The lowest BCUT2D eigenvalue weighted by molar-refractivity contribution is -0.128. The van der Waals surface area contributed by atoms with Crippen LogP contribution in [0.25, 0.3) is 0 Å². The number of rotatable bonds is 8. The smallest absolute Gasteiger partial charge is 0.251 e. The number of nitrogens with zero attached hydrogens (tertiary/aromatic N) is 2. The molecular weight excluding hydrogens is 418 g/mol. The third kappa shape index (κ3) is 7.91. The molecule has 178 valence electrons. The summed E-state index contributed by atoms with van der Waals surface area (Å²) in [6.07, 6.45) is 15.8. The monoisotopic (exact) mass is 453 g/mol. The number of aldehydes is 1. The number of hydrogen-bond donors (Lipinski definition) is 3. The van der Waals surface area contributed by atoms with Crippen LogP contribution < -0.4 is 16.8 Å². The van der Waals surface area contributed by atoms with Crippen LogP contribution in [0.5, 0.6) is 0 Å². The fraction of sp³-hybridized carbons (Fsp3) is 0.400. The zero-order chi connectivity index (χ0) is 24.4. The van der Waals surface area contributed by atoms with E-state index < -0.39 is 0 Å². The molecule has 0 atom stereocenters. The minimum Gasteiger partial charge on any atom is -0.398 e. The first-order valence-electron chi connectivity index (χ1n) is 11.2. The Morgan fingerprint density at radius 2 is 2.00 bits per heavy atom. The summed E-state index contributed by atoms with van der Waals surface area (Å²) < 4.78 is 0. The highest BCUT2D eigenvalue weighted by molar-refractivity contribution is 5.99. The first-order chi connectivity index (χ1) is 15.7. The topological polar surface area (TPSA) is 122 Å². The third-order valence-corrected chi connectivity index (χ3v) is 5.61.